The number of ether oxygens (including phenoxy) is 1. The number of benzene rings is 1. The van der Waals surface area contributed by atoms with Crippen LogP contribution < -0.4 is 4.74 Å². The van der Waals surface area contributed by atoms with Gasteiger partial charge in [-0.25, -0.2) is 0 Å². The molecule has 0 saturated heterocycles. The molecule has 0 aromatic heterocycles. The van der Waals surface area contributed by atoms with Crippen LogP contribution in [0.2, 0.25) is 0 Å². The van der Waals surface area contributed by atoms with Crippen LogP contribution in [0.4, 0.5) is 0 Å². The third-order valence-electron chi connectivity index (χ3n) is 5.75. The molecule has 0 fully saturated rings. The zero-order valence-electron chi connectivity index (χ0n) is 19.0. The van der Waals surface area contributed by atoms with Crippen LogP contribution >= 0.6 is 0 Å². The van der Waals surface area contributed by atoms with Crippen LogP contribution in [0.15, 0.2) is 12.1 Å². The molecule has 0 aliphatic rings. The molecule has 1 aromatic carbocycles. The summed E-state index contributed by atoms with van der Waals surface area (Å²) >= 11 is 0. The van der Waals surface area contributed by atoms with Gasteiger partial charge < -0.3 is 9.84 Å². The van der Waals surface area contributed by atoms with Crippen molar-refractivity contribution in [3.8, 4) is 11.5 Å². The molecular formula is C26H46O2. The van der Waals surface area contributed by atoms with E-state index in [2.05, 4.69) is 19.9 Å². The maximum atomic E-state index is 10.1. The van der Waals surface area contributed by atoms with Crippen molar-refractivity contribution in [3.63, 3.8) is 0 Å². The number of unbranched alkanes of at least 4 members (excludes halogenated alkanes) is 13. The zero-order valence-corrected chi connectivity index (χ0v) is 19.0. The molecule has 28 heavy (non-hydrogen) atoms. The molecule has 0 spiro atoms. The van der Waals surface area contributed by atoms with Crippen LogP contribution in [0, 0.1) is 6.92 Å². The van der Waals surface area contributed by atoms with Gasteiger partial charge in [-0.3, -0.25) is 0 Å². The summed E-state index contributed by atoms with van der Waals surface area (Å²) in [4.78, 5) is 0. The highest BCUT2D eigenvalue weighted by Crippen LogP contribution is 2.32. The Morgan fingerprint density at radius 1 is 0.679 bits per heavy atom. The molecule has 2 heteroatoms. The molecule has 162 valence electrons. The van der Waals surface area contributed by atoms with E-state index in [0.717, 1.165) is 30.8 Å². The molecule has 0 aliphatic heterocycles. The molecule has 0 aliphatic carbocycles. The minimum absolute atomic E-state index is 0.356. The molecule has 0 heterocycles. The first-order valence-corrected chi connectivity index (χ1v) is 12.1. The molecule has 1 rings (SSSR count). The van der Waals surface area contributed by atoms with Gasteiger partial charge in [0.25, 0.3) is 0 Å². The highest BCUT2D eigenvalue weighted by atomic mass is 16.5. The lowest BCUT2D eigenvalue weighted by Gasteiger charge is -2.15. The Balaban J connectivity index is 2.30. The summed E-state index contributed by atoms with van der Waals surface area (Å²) in [5.74, 6) is 1.29. The Kier molecular flexibility index (Phi) is 14.9. The van der Waals surface area contributed by atoms with Gasteiger partial charge in [-0.05, 0) is 37.8 Å². The summed E-state index contributed by atoms with van der Waals surface area (Å²) in [5.41, 5.74) is 2.17. The summed E-state index contributed by atoms with van der Waals surface area (Å²) in [7, 11) is 0. The van der Waals surface area contributed by atoms with E-state index in [1.54, 1.807) is 0 Å². The molecular weight excluding hydrogens is 344 g/mol. The second-order valence-electron chi connectivity index (χ2n) is 8.39. The monoisotopic (exact) mass is 390 g/mol. The van der Waals surface area contributed by atoms with E-state index in [-0.39, 0.29) is 0 Å². The van der Waals surface area contributed by atoms with Crippen molar-refractivity contribution in [1.29, 1.82) is 0 Å². The van der Waals surface area contributed by atoms with Gasteiger partial charge in [0.2, 0.25) is 0 Å². The zero-order chi connectivity index (χ0) is 20.5. The van der Waals surface area contributed by atoms with Gasteiger partial charge in [-0.2, -0.15) is 0 Å². The first-order valence-electron chi connectivity index (χ1n) is 12.1. The second kappa shape index (κ2) is 16.7. The fourth-order valence-corrected chi connectivity index (χ4v) is 3.82. The van der Waals surface area contributed by atoms with Crippen LogP contribution in [-0.2, 0) is 6.42 Å². The average molecular weight is 391 g/mol. The van der Waals surface area contributed by atoms with E-state index in [1.807, 2.05) is 13.0 Å². The lowest BCUT2D eigenvalue weighted by atomic mass is 10.0. The van der Waals surface area contributed by atoms with E-state index in [4.69, 9.17) is 4.74 Å². The van der Waals surface area contributed by atoms with Crippen molar-refractivity contribution in [2.75, 3.05) is 6.61 Å². The normalized spacial score (nSPS) is 11.1. The molecule has 1 N–H and O–H groups in total. The maximum absolute atomic E-state index is 10.1. The summed E-state index contributed by atoms with van der Waals surface area (Å²) in [5, 5.41) is 10.1. The molecule has 0 unspecified atom stereocenters. The van der Waals surface area contributed by atoms with Crippen molar-refractivity contribution in [1.82, 2.24) is 0 Å². The number of rotatable bonds is 18. The minimum atomic E-state index is 0.356. The summed E-state index contributed by atoms with van der Waals surface area (Å²) < 4.78 is 6.14. The third kappa shape index (κ3) is 11.0. The second-order valence-corrected chi connectivity index (χ2v) is 8.39. The molecule has 1 aromatic rings. The third-order valence-corrected chi connectivity index (χ3v) is 5.75. The van der Waals surface area contributed by atoms with Gasteiger partial charge in [0, 0.05) is 5.56 Å². The number of aryl methyl sites for hydroxylation is 1. The number of phenols is 1. The van der Waals surface area contributed by atoms with E-state index < -0.39 is 0 Å². The summed E-state index contributed by atoms with van der Waals surface area (Å²) in [6.45, 7) is 7.28. The Bertz CT molecular complexity index is 495. The van der Waals surface area contributed by atoms with Gasteiger partial charge in [-0.15, -0.1) is 0 Å². The largest absolute Gasteiger partial charge is 0.508 e. The van der Waals surface area contributed by atoms with E-state index >= 15 is 0 Å². The van der Waals surface area contributed by atoms with Crippen LogP contribution in [0.25, 0.3) is 0 Å². The number of aromatic hydroxyl groups is 1. The first kappa shape index (κ1) is 24.9. The van der Waals surface area contributed by atoms with Gasteiger partial charge in [-0.1, -0.05) is 103 Å². The molecule has 0 atom stereocenters. The fourth-order valence-electron chi connectivity index (χ4n) is 3.82. The summed E-state index contributed by atoms with van der Waals surface area (Å²) in [6.07, 6.45) is 20.8. The van der Waals surface area contributed by atoms with Crippen molar-refractivity contribution in [3.05, 3.63) is 23.3 Å². The lowest BCUT2D eigenvalue weighted by molar-refractivity contribution is 0.297. The van der Waals surface area contributed by atoms with Crippen molar-refractivity contribution >= 4 is 0 Å². The number of hydrogen-bond donors (Lipinski definition) is 1. The predicted octanol–water partition coefficient (Wildman–Crippen LogP) is 8.51. The Morgan fingerprint density at radius 3 is 1.75 bits per heavy atom. The van der Waals surface area contributed by atoms with Crippen LogP contribution in [0.5, 0.6) is 11.5 Å². The standard InChI is InChI=1S/C26H46O2/c1-4-6-8-10-12-14-16-18-22-28-26-23(3)25(27)21-20-24(26)19-17-15-13-11-9-7-5-2/h20-21,27H,4-19,22H2,1-3H3. The molecule has 0 radical (unpaired) electrons. The van der Waals surface area contributed by atoms with Crippen LogP contribution in [-0.4, -0.2) is 11.7 Å². The smallest absolute Gasteiger partial charge is 0.129 e. The van der Waals surface area contributed by atoms with Gasteiger partial charge in [0.1, 0.15) is 11.5 Å². The van der Waals surface area contributed by atoms with Crippen molar-refractivity contribution in [2.45, 2.75) is 124 Å². The van der Waals surface area contributed by atoms with Crippen LogP contribution in [0.1, 0.15) is 121 Å². The molecule has 2 nitrogen and oxygen atoms in total. The van der Waals surface area contributed by atoms with E-state index in [9.17, 15) is 5.11 Å². The molecule has 0 bridgehead atoms. The Morgan fingerprint density at radius 2 is 1.18 bits per heavy atom. The molecule has 0 amide bonds. The van der Waals surface area contributed by atoms with Crippen LogP contribution in [0.3, 0.4) is 0 Å². The van der Waals surface area contributed by atoms with Gasteiger partial charge in [0.15, 0.2) is 0 Å². The SMILES string of the molecule is CCCCCCCCCCOc1c(CCCCCCCCC)ccc(O)c1C. The predicted molar refractivity (Wildman–Crippen MR) is 123 cm³/mol. The minimum Gasteiger partial charge on any atom is -0.508 e. The Labute approximate surface area is 175 Å². The van der Waals surface area contributed by atoms with Crippen molar-refractivity contribution in [2.24, 2.45) is 0 Å². The van der Waals surface area contributed by atoms with Gasteiger partial charge >= 0.3 is 0 Å². The van der Waals surface area contributed by atoms with E-state index in [0.29, 0.717) is 5.75 Å². The van der Waals surface area contributed by atoms with Gasteiger partial charge in [0.05, 0.1) is 6.61 Å². The quantitative estimate of drug-likeness (QED) is 0.254. The highest BCUT2D eigenvalue weighted by molar-refractivity contribution is 5.48. The maximum Gasteiger partial charge on any atom is 0.129 e. The molecule has 0 saturated carbocycles. The Hall–Kier alpha value is -1.18. The van der Waals surface area contributed by atoms with E-state index in [1.165, 1.54) is 95.5 Å². The first-order chi connectivity index (χ1) is 13.7. The van der Waals surface area contributed by atoms with Crippen molar-refractivity contribution < 1.29 is 9.84 Å². The highest BCUT2D eigenvalue weighted by Gasteiger charge is 2.11. The lowest BCUT2D eigenvalue weighted by Crippen LogP contribution is -2.03. The average Bonchev–Trinajstić information content (AvgIpc) is 2.70. The number of hydrogen-bond acceptors (Lipinski definition) is 2. The summed E-state index contributed by atoms with van der Waals surface area (Å²) in [6, 6.07) is 3.89. The topological polar surface area (TPSA) is 29.5 Å². The fraction of sp³-hybridized carbons (Fsp3) is 0.769. The number of phenolic OH excluding ortho intramolecular Hbond substituents is 1.